The minimum Gasteiger partial charge on any atom is -0.455 e. The molecular weight excluding hydrogens is 445 g/mol. The van der Waals surface area contributed by atoms with Gasteiger partial charge in [-0.05, 0) is 51.4 Å². The van der Waals surface area contributed by atoms with Gasteiger partial charge in [-0.1, -0.05) is 66.7 Å². The molecule has 0 N–H and O–H groups in total. The van der Waals surface area contributed by atoms with Crippen molar-refractivity contribution in [2.75, 3.05) is 0 Å². The predicted molar refractivity (Wildman–Crippen MR) is 148 cm³/mol. The number of hydrogen-bond acceptors (Lipinski definition) is 4. The highest BCUT2D eigenvalue weighted by Crippen LogP contribution is 2.41. The fourth-order valence-electron chi connectivity index (χ4n) is 5.23. The summed E-state index contributed by atoms with van der Waals surface area (Å²) in [5.74, 6) is 0. The molecule has 0 radical (unpaired) electrons. The molecule has 0 spiro atoms. The minimum absolute atomic E-state index is 0.404. The molecule has 0 unspecified atom stereocenters. The Morgan fingerprint density at radius 3 is 2.11 bits per heavy atom. The van der Waals surface area contributed by atoms with Crippen molar-refractivity contribution in [3.05, 3.63) is 84.9 Å². The molecular formula is C31H26BNO3. The highest BCUT2D eigenvalue weighted by molar-refractivity contribution is 6.62. The van der Waals surface area contributed by atoms with E-state index in [0.29, 0.717) is 0 Å². The summed E-state index contributed by atoms with van der Waals surface area (Å²) < 4.78 is 19.2. The average molecular weight is 471 g/mol. The van der Waals surface area contributed by atoms with E-state index in [9.17, 15) is 0 Å². The van der Waals surface area contributed by atoms with Gasteiger partial charge in [0, 0.05) is 32.5 Å². The normalized spacial score (nSPS) is 17.1. The zero-order valence-electron chi connectivity index (χ0n) is 20.8. The standard InChI is InChI=1S/C31H26BNO3/c1-30(2)31(3,4)36-32(35-30)20-14-15-23-25(18-20)33-28(19-10-6-5-7-11-19)24-17-16-22-21-12-8-9-13-26(21)34-29(22)27(23)24/h5-18H,1-4H3. The monoisotopic (exact) mass is 471 g/mol. The molecule has 176 valence electrons. The predicted octanol–water partition coefficient (Wildman–Crippen LogP) is 7.25. The Morgan fingerprint density at radius 1 is 0.667 bits per heavy atom. The van der Waals surface area contributed by atoms with Gasteiger partial charge in [-0.2, -0.15) is 0 Å². The molecule has 0 amide bonds. The van der Waals surface area contributed by atoms with Crippen LogP contribution in [0.15, 0.2) is 89.3 Å². The number of rotatable bonds is 2. The number of aromatic nitrogens is 1. The first kappa shape index (κ1) is 21.6. The molecule has 0 atom stereocenters. The smallest absolute Gasteiger partial charge is 0.455 e. The lowest BCUT2D eigenvalue weighted by atomic mass is 9.78. The first-order valence-corrected chi connectivity index (χ1v) is 12.4. The number of fused-ring (bicyclic) bond motifs is 7. The Hall–Kier alpha value is -3.67. The number of furan rings is 1. The first-order valence-electron chi connectivity index (χ1n) is 12.4. The van der Waals surface area contributed by atoms with E-state index in [-0.39, 0.29) is 0 Å². The largest absolute Gasteiger partial charge is 0.494 e. The van der Waals surface area contributed by atoms with E-state index in [1.165, 1.54) is 0 Å². The first-order chi connectivity index (χ1) is 17.3. The molecule has 2 aromatic heterocycles. The molecule has 0 saturated carbocycles. The van der Waals surface area contributed by atoms with E-state index in [1.807, 2.05) is 30.3 Å². The lowest BCUT2D eigenvalue weighted by molar-refractivity contribution is 0.00578. The van der Waals surface area contributed by atoms with Crippen LogP contribution < -0.4 is 5.46 Å². The van der Waals surface area contributed by atoms with E-state index >= 15 is 0 Å². The lowest BCUT2D eigenvalue weighted by Crippen LogP contribution is -2.41. The maximum Gasteiger partial charge on any atom is 0.494 e. The van der Waals surface area contributed by atoms with Crippen LogP contribution in [0.1, 0.15) is 27.7 Å². The van der Waals surface area contributed by atoms with E-state index in [0.717, 1.165) is 60.3 Å². The zero-order chi connectivity index (χ0) is 24.7. The van der Waals surface area contributed by atoms with E-state index in [1.54, 1.807) is 0 Å². The molecule has 0 bridgehead atoms. The molecule has 4 aromatic carbocycles. The van der Waals surface area contributed by atoms with Crippen LogP contribution in [0.25, 0.3) is 54.9 Å². The molecule has 1 saturated heterocycles. The van der Waals surface area contributed by atoms with Gasteiger partial charge in [0.05, 0.1) is 22.4 Å². The fourth-order valence-corrected chi connectivity index (χ4v) is 5.23. The number of nitrogens with zero attached hydrogens (tertiary/aromatic N) is 1. The summed E-state index contributed by atoms with van der Waals surface area (Å²) in [6, 6.07) is 29.2. The van der Waals surface area contributed by atoms with Crippen molar-refractivity contribution in [2.24, 2.45) is 0 Å². The van der Waals surface area contributed by atoms with Gasteiger partial charge in [0.25, 0.3) is 0 Å². The van der Waals surface area contributed by atoms with Gasteiger partial charge in [-0.25, -0.2) is 4.98 Å². The molecule has 3 heterocycles. The summed E-state index contributed by atoms with van der Waals surface area (Å²) in [4.78, 5) is 5.19. The van der Waals surface area contributed by atoms with Gasteiger partial charge in [0.1, 0.15) is 11.2 Å². The molecule has 36 heavy (non-hydrogen) atoms. The van der Waals surface area contributed by atoms with Crippen molar-refractivity contribution in [1.29, 1.82) is 0 Å². The Balaban J connectivity index is 1.54. The van der Waals surface area contributed by atoms with E-state index in [4.69, 9.17) is 18.7 Å². The maximum atomic E-state index is 6.47. The summed E-state index contributed by atoms with van der Waals surface area (Å²) in [6.45, 7) is 8.30. The summed E-state index contributed by atoms with van der Waals surface area (Å²) in [7, 11) is -0.445. The van der Waals surface area contributed by atoms with Gasteiger partial charge in [-0.3, -0.25) is 0 Å². The van der Waals surface area contributed by atoms with Crippen LogP contribution in [0, 0.1) is 0 Å². The van der Waals surface area contributed by atoms with Crippen molar-refractivity contribution in [3.8, 4) is 11.3 Å². The van der Waals surface area contributed by atoms with Crippen LogP contribution >= 0.6 is 0 Å². The van der Waals surface area contributed by atoms with Crippen LogP contribution in [0.2, 0.25) is 0 Å². The van der Waals surface area contributed by atoms with Crippen molar-refractivity contribution in [2.45, 2.75) is 38.9 Å². The van der Waals surface area contributed by atoms with Gasteiger partial charge in [-0.15, -0.1) is 0 Å². The third kappa shape index (κ3) is 3.06. The highest BCUT2D eigenvalue weighted by Gasteiger charge is 2.51. The Morgan fingerprint density at radius 2 is 1.33 bits per heavy atom. The SMILES string of the molecule is CC1(C)OB(c2ccc3c(c2)nc(-c2ccccc2)c2ccc4c5ccccc5oc4c23)OC1(C)C. The Labute approximate surface area is 210 Å². The summed E-state index contributed by atoms with van der Waals surface area (Å²) in [6.07, 6.45) is 0. The van der Waals surface area contributed by atoms with Crippen molar-refractivity contribution in [3.63, 3.8) is 0 Å². The van der Waals surface area contributed by atoms with Gasteiger partial charge in [0.15, 0.2) is 0 Å². The molecule has 0 aliphatic carbocycles. The number of para-hydroxylation sites is 1. The van der Waals surface area contributed by atoms with Crippen LogP contribution in [0.4, 0.5) is 0 Å². The molecule has 1 fully saturated rings. The average Bonchev–Trinajstić information content (AvgIpc) is 3.36. The van der Waals surface area contributed by atoms with Crippen LogP contribution in [-0.2, 0) is 9.31 Å². The highest BCUT2D eigenvalue weighted by atomic mass is 16.7. The van der Waals surface area contributed by atoms with Crippen molar-refractivity contribution >= 4 is 56.2 Å². The molecule has 5 heteroatoms. The second kappa shape index (κ2) is 7.42. The second-order valence-electron chi connectivity index (χ2n) is 10.7. The topological polar surface area (TPSA) is 44.5 Å². The lowest BCUT2D eigenvalue weighted by Gasteiger charge is -2.32. The number of benzene rings is 4. The minimum atomic E-state index is -0.445. The number of pyridine rings is 1. The van der Waals surface area contributed by atoms with E-state index < -0.39 is 18.3 Å². The molecule has 7 rings (SSSR count). The second-order valence-corrected chi connectivity index (χ2v) is 10.7. The van der Waals surface area contributed by atoms with Crippen LogP contribution in [0.5, 0.6) is 0 Å². The van der Waals surface area contributed by atoms with Crippen LogP contribution in [-0.4, -0.2) is 23.3 Å². The Bertz CT molecular complexity index is 1790. The molecule has 1 aliphatic heterocycles. The summed E-state index contributed by atoms with van der Waals surface area (Å²) in [5.41, 5.74) is 4.83. The summed E-state index contributed by atoms with van der Waals surface area (Å²) >= 11 is 0. The molecule has 4 nitrogen and oxygen atoms in total. The molecule has 1 aliphatic rings. The Kier molecular flexibility index (Phi) is 4.45. The van der Waals surface area contributed by atoms with Gasteiger partial charge in [0.2, 0.25) is 0 Å². The van der Waals surface area contributed by atoms with Crippen molar-refractivity contribution in [1.82, 2.24) is 4.98 Å². The van der Waals surface area contributed by atoms with Gasteiger partial charge < -0.3 is 13.7 Å². The third-order valence-corrected chi connectivity index (χ3v) is 7.90. The van der Waals surface area contributed by atoms with Crippen LogP contribution in [0.3, 0.4) is 0 Å². The zero-order valence-corrected chi connectivity index (χ0v) is 20.8. The molecule has 6 aromatic rings. The fraction of sp³-hybridized carbons (Fsp3) is 0.194. The van der Waals surface area contributed by atoms with E-state index in [2.05, 4.69) is 82.3 Å². The van der Waals surface area contributed by atoms with Gasteiger partial charge >= 0.3 is 7.12 Å². The van der Waals surface area contributed by atoms with Crippen molar-refractivity contribution < 1.29 is 13.7 Å². The quantitative estimate of drug-likeness (QED) is 0.197. The third-order valence-electron chi connectivity index (χ3n) is 7.90. The maximum absolute atomic E-state index is 6.47. The number of hydrogen-bond donors (Lipinski definition) is 0. The summed E-state index contributed by atoms with van der Waals surface area (Å²) in [5, 5.41) is 5.43.